The molecule has 2 aromatic carbocycles. The number of anilines is 2. The highest BCUT2D eigenvalue weighted by molar-refractivity contribution is 6.07. The van der Waals surface area contributed by atoms with Crippen molar-refractivity contribution in [3.63, 3.8) is 0 Å². The fourth-order valence-electron chi connectivity index (χ4n) is 2.72. The van der Waals surface area contributed by atoms with Crippen molar-refractivity contribution in [1.82, 2.24) is 5.43 Å². The molecule has 2 aromatic rings. The Morgan fingerprint density at radius 2 is 1.96 bits per heavy atom. The number of nitrogens with zero attached hydrogens (tertiary/aromatic N) is 1. The van der Waals surface area contributed by atoms with Crippen LogP contribution in [-0.2, 0) is 9.59 Å². The predicted octanol–water partition coefficient (Wildman–Crippen LogP) is 2.78. The van der Waals surface area contributed by atoms with Gasteiger partial charge >= 0.3 is 0 Å². The first kappa shape index (κ1) is 18.3. The molecule has 0 bridgehead atoms. The summed E-state index contributed by atoms with van der Waals surface area (Å²) in [6.45, 7) is 1.94. The lowest BCUT2D eigenvalue weighted by Gasteiger charge is -2.28. The largest absolute Gasteiger partial charge is 0.497 e. The summed E-state index contributed by atoms with van der Waals surface area (Å²) in [5.74, 6) is 0.588. The van der Waals surface area contributed by atoms with Crippen molar-refractivity contribution in [2.24, 2.45) is 0 Å². The summed E-state index contributed by atoms with van der Waals surface area (Å²) in [6.07, 6.45) is 1.70. The van der Waals surface area contributed by atoms with E-state index in [1.54, 1.807) is 31.4 Å². The van der Waals surface area contributed by atoms with Crippen molar-refractivity contribution in [3.8, 4) is 11.5 Å². The van der Waals surface area contributed by atoms with Crippen LogP contribution in [0.1, 0.15) is 12.0 Å². The number of amides is 2. The molecule has 0 aliphatic carbocycles. The van der Waals surface area contributed by atoms with Crippen LogP contribution in [0.2, 0.25) is 0 Å². The summed E-state index contributed by atoms with van der Waals surface area (Å²) in [5, 5.41) is 4.17. The molecule has 0 atom stereocenters. The van der Waals surface area contributed by atoms with Gasteiger partial charge in [-0.05, 0) is 42.8 Å². The van der Waals surface area contributed by atoms with E-state index < -0.39 is 0 Å². The van der Waals surface area contributed by atoms with E-state index in [-0.39, 0.29) is 23.9 Å². The maximum atomic E-state index is 12.7. The second-order valence-electron chi connectivity index (χ2n) is 6.02. The maximum Gasteiger partial charge on any atom is 0.273 e. The van der Waals surface area contributed by atoms with E-state index >= 15 is 0 Å². The van der Waals surface area contributed by atoms with Gasteiger partial charge in [0, 0.05) is 12.5 Å². The molecule has 0 unspecified atom stereocenters. The number of nitrogens with one attached hydrogen (secondary N) is 2. The van der Waals surface area contributed by atoms with Crippen LogP contribution in [0, 0.1) is 6.92 Å². The summed E-state index contributed by atoms with van der Waals surface area (Å²) >= 11 is 0. The number of hydrogen-bond donors (Lipinski definition) is 2. The average Bonchev–Trinajstić information content (AvgIpc) is 2.68. The second-order valence-corrected chi connectivity index (χ2v) is 6.02. The molecule has 1 heterocycles. The highest BCUT2D eigenvalue weighted by Gasteiger charge is 2.24. The van der Waals surface area contributed by atoms with E-state index in [1.807, 2.05) is 31.2 Å². The number of carbonyl (C=O) groups is 2. The first-order valence-electron chi connectivity index (χ1n) is 8.41. The Hall–Kier alpha value is -3.48. The SMILES string of the molecule is COc1ccc(NC(=O)C2=CCC(=O)N(c3cccc(C)c3)N2)c(OC)c1. The molecule has 0 spiro atoms. The Morgan fingerprint density at radius 3 is 2.67 bits per heavy atom. The van der Waals surface area contributed by atoms with Gasteiger partial charge in [0.1, 0.15) is 17.2 Å². The summed E-state index contributed by atoms with van der Waals surface area (Å²) in [5.41, 5.74) is 5.38. The van der Waals surface area contributed by atoms with Gasteiger partial charge in [-0.3, -0.25) is 15.0 Å². The van der Waals surface area contributed by atoms with E-state index in [2.05, 4.69) is 10.7 Å². The number of hydrogen-bond acceptors (Lipinski definition) is 5. The van der Waals surface area contributed by atoms with Crippen molar-refractivity contribution in [1.29, 1.82) is 0 Å². The highest BCUT2D eigenvalue weighted by Crippen LogP contribution is 2.29. The lowest BCUT2D eigenvalue weighted by Crippen LogP contribution is -2.47. The minimum Gasteiger partial charge on any atom is -0.497 e. The summed E-state index contributed by atoms with van der Waals surface area (Å²) < 4.78 is 10.5. The van der Waals surface area contributed by atoms with E-state index in [0.29, 0.717) is 22.9 Å². The van der Waals surface area contributed by atoms with E-state index in [9.17, 15) is 9.59 Å². The number of hydrazine groups is 1. The van der Waals surface area contributed by atoms with Gasteiger partial charge in [-0.15, -0.1) is 0 Å². The van der Waals surface area contributed by atoms with E-state index in [1.165, 1.54) is 12.1 Å². The molecule has 0 saturated heterocycles. The fourth-order valence-corrected chi connectivity index (χ4v) is 2.72. The summed E-state index contributed by atoms with van der Waals surface area (Å²) in [4.78, 5) is 24.9. The van der Waals surface area contributed by atoms with Crippen LogP contribution in [0.4, 0.5) is 11.4 Å². The smallest absolute Gasteiger partial charge is 0.273 e. The van der Waals surface area contributed by atoms with Crippen LogP contribution in [0.15, 0.2) is 54.2 Å². The molecular formula is C20H21N3O4. The zero-order chi connectivity index (χ0) is 19.4. The van der Waals surface area contributed by atoms with Crippen LogP contribution in [0.3, 0.4) is 0 Å². The molecule has 2 N–H and O–H groups in total. The number of aryl methyl sites for hydroxylation is 1. The van der Waals surface area contributed by atoms with Crippen LogP contribution in [0.25, 0.3) is 0 Å². The minimum absolute atomic E-state index is 0.128. The molecule has 0 aromatic heterocycles. The Bertz CT molecular complexity index is 908. The van der Waals surface area contributed by atoms with E-state index in [4.69, 9.17) is 9.47 Å². The quantitative estimate of drug-likeness (QED) is 0.849. The Kier molecular flexibility index (Phi) is 5.30. The molecule has 3 rings (SSSR count). The molecule has 27 heavy (non-hydrogen) atoms. The lowest BCUT2D eigenvalue weighted by atomic mass is 10.2. The zero-order valence-electron chi connectivity index (χ0n) is 15.4. The standard InChI is InChI=1S/C20H21N3O4/c1-13-5-4-6-14(11-13)23-19(24)10-9-17(22-23)20(25)21-16-8-7-15(26-2)12-18(16)27-3/h4-9,11-12,22H,10H2,1-3H3,(H,21,25). The molecule has 1 aliphatic rings. The van der Waals surface area contributed by atoms with Crippen molar-refractivity contribution < 1.29 is 19.1 Å². The minimum atomic E-state index is -0.372. The van der Waals surface area contributed by atoms with Gasteiger partial charge < -0.3 is 14.8 Å². The number of benzene rings is 2. The summed E-state index contributed by atoms with van der Waals surface area (Å²) in [7, 11) is 3.07. The van der Waals surface area contributed by atoms with Gasteiger partial charge in [-0.25, -0.2) is 5.01 Å². The average molecular weight is 367 g/mol. The van der Waals surface area contributed by atoms with Crippen molar-refractivity contribution in [2.45, 2.75) is 13.3 Å². The summed E-state index contributed by atoms with van der Waals surface area (Å²) in [6, 6.07) is 12.6. The number of methoxy groups -OCH3 is 2. The molecule has 2 amide bonds. The van der Waals surface area contributed by atoms with Gasteiger partial charge in [0.2, 0.25) is 5.91 Å². The van der Waals surface area contributed by atoms with Gasteiger partial charge in [-0.1, -0.05) is 12.1 Å². The normalized spacial score (nSPS) is 13.5. The highest BCUT2D eigenvalue weighted by atomic mass is 16.5. The Balaban J connectivity index is 1.78. The van der Waals surface area contributed by atoms with E-state index in [0.717, 1.165) is 5.56 Å². The van der Waals surface area contributed by atoms with Crippen LogP contribution < -0.4 is 25.2 Å². The number of ether oxygens (including phenoxy) is 2. The monoisotopic (exact) mass is 367 g/mol. The maximum absolute atomic E-state index is 12.7. The number of carbonyl (C=O) groups excluding carboxylic acids is 2. The molecular weight excluding hydrogens is 346 g/mol. The zero-order valence-corrected chi connectivity index (χ0v) is 15.4. The van der Waals surface area contributed by atoms with Gasteiger partial charge in [0.15, 0.2) is 0 Å². The second kappa shape index (κ2) is 7.82. The molecule has 0 radical (unpaired) electrons. The third kappa shape index (κ3) is 4.03. The number of rotatable bonds is 5. The first-order valence-corrected chi connectivity index (χ1v) is 8.41. The Labute approximate surface area is 157 Å². The molecule has 0 fully saturated rings. The predicted molar refractivity (Wildman–Crippen MR) is 103 cm³/mol. The van der Waals surface area contributed by atoms with Gasteiger partial charge in [-0.2, -0.15) is 0 Å². The van der Waals surface area contributed by atoms with Crippen LogP contribution in [-0.4, -0.2) is 26.0 Å². The lowest BCUT2D eigenvalue weighted by molar-refractivity contribution is -0.119. The van der Waals surface area contributed by atoms with Crippen molar-refractivity contribution in [3.05, 3.63) is 59.8 Å². The first-order chi connectivity index (χ1) is 13.0. The van der Waals surface area contributed by atoms with Crippen LogP contribution in [0.5, 0.6) is 11.5 Å². The van der Waals surface area contributed by atoms with Gasteiger partial charge in [0.25, 0.3) is 5.91 Å². The fraction of sp³-hybridized carbons (Fsp3) is 0.200. The Morgan fingerprint density at radius 1 is 1.15 bits per heavy atom. The molecule has 1 aliphatic heterocycles. The van der Waals surface area contributed by atoms with Crippen LogP contribution >= 0.6 is 0 Å². The van der Waals surface area contributed by atoms with Gasteiger partial charge in [0.05, 0.1) is 25.6 Å². The molecule has 7 nitrogen and oxygen atoms in total. The molecule has 0 saturated carbocycles. The van der Waals surface area contributed by atoms with Crippen molar-refractivity contribution >= 4 is 23.2 Å². The third-order valence-electron chi connectivity index (χ3n) is 4.12. The van der Waals surface area contributed by atoms with Crippen molar-refractivity contribution in [2.75, 3.05) is 24.5 Å². The molecule has 140 valence electrons. The third-order valence-corrected chi connectivity index (χ3v) is 4.12. The topological polar surface area (TPSA) is 79.9 Å². The molecule has 7 heteroatoms.